The fourth-order valence-corrected chi connectivity index (χ4v) is 8.90. The van der Waals surface area contributed by atoms with Crippen molar-refractivity contribution in [3.63, 3.8) is 0 Å². The Balaban J connectivity index is 1.08. The Labute approximate surface area is 387 Å². The number of nitrogens with one attached hydrogen (secondary N) is 4. The number of H-pyrrole nitrogens is 2. The maximum absolute atomic E-state index is 14.2. The number of ether oxygens (including phenoxy) is 4. The van der Waals surface area contributed by atoms with E-state index in [0.717, 1.165) is 70.1 Å². The second-order valence-corrected chi connectivity index (χ2v) is 18.6. The Kier molecular flexibility index (Phi) is 15.5. The van der Waals surface area contributed by atoms with Crippen LogP contribution in [0, 0.1) is 23.7 Å². The number of amides is 4. The van der Waals surface area contributed by atoms with Crippen LogP contribution >= 0.6 is 0 Å². The number of hydrogen-bond acceptors (Lipinski definition) is 10. The lowest BCUT2D eigenvalue weighted by molar-refractivity contribution is -0.136. The van der Waals surface area contributed by atoms with Gasteiger partial charge in [-0.05, 0) is 96.2 Å². The summed E-state index contributed by atoms with van der Waals surface area (Å²) in [7, 11) is 2.57. The third-order valence-electron chi connectivity index (χ3n) is 12.9. The Bertz CT molecular complexity index is 2380. The first-order chi connectivity index (χ1) is 31.8. The number of alkyl carbamates (subject to hydrolysis) is 2. The maximum atomic E-state index is 14.2. The molecule has 4 amide bonds. The van der Waals surface area contributed by atoms with Crippen molar-refractivity contribution >= 4 is 24.0 Å². The molecule has 0 spiro atoms. The number of imidazole rings is 2. The molecule has 16 heteroatoms. The van der Waals surface area contributed by atoms with E-state index in [4.69, 9.17) is 23.9 Å². The molecule has 354 valence electrons. The molecule has 0 bridgehead atoms. The molecule has 3 atom stereocenters. The summed E-state index contributed by atoms with van der Waals surface area (Å²) in [5.41, 5.74) is 8.99. The average Bonchev–Trinajstić information content (AvgIpc) is 3.95. The monoisotopic (exact) mass is 907 g/mol. The minimum absolute atomic E-state index is 0.0624. The first-order valence-corrected chi connectivity index (χ1v) is 23.3. The van der Waals surface area contributed by atoms with E-state index in [1.54, 1.807) is 22.1 Å². The van der Waals surface area contributed by atoms with Crippen LogP contribution in [0.1, 0.15) is 88.8 Å². The van der Waals surface area contributed by atoms with Crippen LogP contribution in [0.4, 0.5) is 9.59 Å². The number of carbonyl (C=O) groups is 4. The predicted octanol–water partition coefficient (Wildman–Crippen LogP) is 7.57. The summed E-state index contributed by atoms with van der Waals surface area (Å²) >= 11 is 0. The lowest BCUT2D eigenvalue weighted by Gasteiger charge is -2.31. The van der Waals surface area contributed by atoms with Gasteiger partial charge in [-0.1, -0.05) is 59.2 Å². The van der Waals surface area contributed by atoms with Gasteiger partial charge in [0.15, 0.2) is 0 Å². The first-order valence-electron chi connectivity index (χ1n) is 23.3. The van der Waals surface area contributed by atoms with E-state index in [-0.39, 0.29) is 42.7 Å². The third kappa shape index (κ3) is 11.1. The number of benzene rings is 2. The van der Waals surface area contributed by atoms with Gasteiger partial charge in [0.05, 0.1) is 57.2 Å². The molecule has 0 saturated heterocycles. The minimum atomic E-state index is -0.770. The van der Waals surface area contributed by atoms with Gasteiger partial charge in [-0.25, -0.2) is 19.6 Å². The van der Waals surface area contributed by atoms with Gasteiger partial charge in [-0.3, -0.25) is 9.59 Å². The largest absolute Gasteiger partial charge is 0.488 e. The molecule has 66 heavy (non-hydrogen) atoms. The number of fused-ring (bicyclic) bond motifs is 6. The number of aromatic amines is 2. The summed E-state index contributed by atoms with van der Waals surface area (Å²) < 4.78 is 22.2. The summed E-state index contributed by atoms with van der Waals surface area (Å²) in [5.74, 6) is 2.02. The number of nitrogens with zero attached hydrogens (tertiary/aromatic N) is 4. The van der Waals surface area contributed by atoms with Crippen molar-refractivity contribution in [3.8, 4) is 39.4 Å². The molecule has 4 N–H and O–H groups in total. The number of rotatable bonds is 20. The third-order valence-corrected chi connectivity index (χ3v) is 12.9. The number of hydrogen-bond donors (Lipinski definition) is 4. The van der Waals surface area contributed by atoms with E-state index < -0.39 is 24.3 Å². The number of aryl methyl sites for hydroxylation is 2. The standard InChI is InChI=1S/C50H66N8O8/c1-9-10-18-57(47(59)44(29(2)3)55-49(61)63-7)24-42-51-22-40(53-42)34-14-16-36-35(19-34)28-66-41-21-37-33(20-38(36)41)15-17-39-46(37)54-43(52-39)25-58(23-31(6)26-65-27-32-12-11-13-32)48(60)45(30(4)5)56-50(62)64-8/h9,14,16,19-22,29-32,44-45H,1,10-13,15,17-18,23-28H2,2-8H3,(H,51,53)(H,52,54)(H,55,61)(H,56,62)/t31-,44+,45+/m1/s1. The second kappa shape index (κ2) is 21.4. The molecule has 2 aromatic heterocycles. The van der Waals surface area contributed by atoms with Gasteiger partial charge < -0.3 is 49.3 Å². The molecule has 16 nitrogen and oxygen atoms in total. The molecule has 2 aliphatic carbocycles. The smallest absolute Gasteiger partial charge is 0.407 e. The number of carbonyl (C=O) groups excluding carboxylic acids is 4. The lowest BCUT2D eigenvalue weighted by atomic mass is 9.86. The van der Waals surface area contributed by atoms with Crippen LogP contribution in [0.2, 0.25) is 0 Å². The Hall–Kier alpha value is -6.16. The molecule has 0 unspecified atom stereocenters. The normalized spacial score (nSPS) is 15.2. The van der Waals surface area contributed by atoms with Gasteiger partial charge in [0.1, 0.15) is 36.1 Å². The molecule has 1 fully saturated rings. The Morgan fingerprint density at radius 1 is 0.864 bits per heavy atom. The molecule has 2 aromatic carbocycles. The topological polar surface area (TPSA) is 193 Å². The molecule has 0 radical (unpaired) electrons. The molecule has 3 aliphatic rings. The summed E-state index contributed by atoms with van der Waals surface area (Å²) in [5, 5.41) is 5.44. The zero-order valence-electron chi connectivity index (χ0n) is 39.5. The molecular formula is C50H66N8O8. The predicted molar refractivity (Wildman–Crippen MR) is 250 cm³/mol. The van der Waals surface area contributed by atoms with Gasteiger partial charge in [0.2, 0.25) is 11.8 Å². The van der Waals surface area contributed by atoms with E-state index in [0.29, 0.717) is 50.3 Å². The first kappa shape index (κ1) is 47.8. The van der Waals surface area contributed by atoms with Crippen molar-refractivity contribution in [2.75, 3.05) is 40.5 Å². The Morgan fingerprint density at radius 2 is 1.56 bits per heavy atom. The van der Waals surface area contributed by atoms with Gasteiger partial charge in [0.25, 0.3) is 0 Å². The van der Waals surface area contributed by atoms with E-state index >= 15 is 0 Å². The van der Waals surface area contributed by atoms with Crippen LogP contribution < -0.4 is 15.4 Å². The highest BCUT2D eigenvalue weighted by atomic mass is 16.5. The van der Waals surface area contributed by atoms with E-state index in [1.165, 1.54) is 39.0 Å². The lowest BCUT2D eigenvalue weighted by Crippen LogP contribution is -2.52. The molecule has 1 aliphatic heterocycles. The van der Waals surface area contributed by atoms with Crippen LogP contribution in [0.5, 0.6) is 5.75 Å². The second-order valence-electron chi connectivity index (χ2n) is 18.6. The summed E-state index contributed by atoms with van der Waals surface area (Å²) in [6.07, 6.45) is 8.02. The highest BCUT2D eigenvalue weighted by Crippen LogP contribution is 2.44. The zero-order valence-corrected chi connectivity index (χ0v) is 39.5. The van der Waals surface area contributed by atoms with E-state index in [9.17, 15) is 19.2 Å². The van der Waals surface area contributed by atoms with Crippen LogP contribution in [-0.2, 0) is 56.3 Å². The van der Waals surface area contributed by atoms with Crippen molar-refractivity contribution in [2.45, 2.75) is 105 Å². The SMILES string of the molecule is C=CCCN(Cc1ncc(-c2ccc3c(c2)COc2cc4c(cc2-3)CCc2nc(CN(C[C@@H](C)COCC3CCC3)C(=O)[C@@H](NC(=O)OC)C(C)C)[nH]c2-4)[nH]1)C(=O)[C@@H](NC(=O)OC)C(C)C. The van der Waals surface area contributed by atoms with E-state index in [2.05, 4.69) is 69.4 Å². The fourth-order valence-electron chi connectivity index (χ4n) is 8.90. The average molecular weight is 907 g/mol. The molecule has 3 heterocycles. The number of methoxy groups -OCH3 is 2. The molecule has 4 aromatic rings. The summed E-state index contributed by atoms with van der Waals surface area (Å²) in [4.78, 5) is 72.4. The molecule has 1 saturated carbocycles. The fraction of sp³-hybridized carbons (Fsp3) is 0.520. The highest BCUT2D eigenvalue weighted by molar-refractivity contribution is 5.87. The van der Waals surface area contributed by atoms with Crippen LogP contribution in [-0.4, -0.2) is 106 Å². The van der Waals surface area contributed by atoms with Gasteiger partial charge in [0, 0.05) is 30.8 Å². The summed E-state index contributed by atoms with van der Waals surface area (Å²) in [6.45, 7) is 16.5. The van der Waals surface area contributed by atoms with Gasteiger partial charge in [-0.2, -0.15) is 0 Å². The van der Waals surface area contributed by atoms with Gasteiger partial charge in [-0.15, -0.1) is 6.58 Å². The minimum Gasteiger partial charge on any atom is -0.488 e. The van der Waals surface area contributed by atoms with E-state index in [1.807, 2.05) is 27.7 Å². The van der Waals surface area contributed by atoms with Crippen molar-refractivity contribution in [2.24, 2.45) is 23.7 Å². The van der Waals surface area contributed by atoms with Crippen LogP contribution in [0.3, 0.4) is 0 Å². The van der Waals surface area contributed by atoms with Crippen molar-refractivity contribution < 1.29 is 38.1 Å². The van der Waals surface area contributed by atoms with Crippen LogP contribution in [0.15, 0.2) is 49.2 Å². The Morgan fingerprint density at radius 3 is 2.21 bits per heavy atom. The maximum Gasteiger partial charge on any atom is 0.407 e. The molecular weight excluding hydrogens is 841 g/mol. The molecule has 7 rings (SSSR count). The van der Waals surface area contributed by atoms with Crippen molar-refractivity contribution in [3.05, 3.63) is 77.7 Å². The summed E-state index contributed by atoms with van der Waals surface area (Å²) in [6, 6.07) is 9.10. The quantitative estimate of drug-likeness (QED) is 0.0643. The van der Waals surface area contributed by atoms with Crippen molar-refractivity contribution in [1.29, 1.82) is 0 Å². The van der Waals surface area contributed by atoms with Gasteiger partial charge >= 0.3 is 12.2 Å². The van der Waals surface area contributed by atoms with Crippen LogP contribution in [0.25, 0.3) is 33.6 Å². The highest BCUT2D eigenvalue weighted by Gasteiger charge is 2.33. The van der Waals surface area contributed by atoms with Crippen molar-refractivity contribution in [1.82, 2.24) is 40.4 Å². The number of aromatic nitrogens is 4. The zero-order chi connectivity index (χ0) is 47.1.